The highest BCUT2D eigenvalue weighted by atomic mass is 15.3. The summed E-state index contributed by atoms with van der Waals surface area (Å²) in [6.07, 6.45) is 1.95. The summed E-state index contributed by atoms with van der Waals surface area (Å²) in [6, 6.07) is 1.28. The van der Waals surface area contributed by atoms with Crippen LogP contribution in [0, 0.1) is 0 Å². The quantitative estimate of drug-likeness (QED) is 0.559. The molecule has 0 aromatic carbocycles. The van der Waals surface area contributed by atoms with Crippen LogP contribution in [0.25, 0.3) is 0 Å². The third-order valence-corrected chi connectivity index (χ3v) is 2.58. The first kappa shape index (κ1) is 8.60. The van der Waals surface area contributed by atoms with Crippen molar-refractivity contribution in [1.82, 2.24) is 9.80 Å². The lowest BCUT2D eigenvalue weighted by molar-refractivity contribution is 0.0956. The van der Waals surface area contributed by atoms with Gasteiger partial charge in [-0.05, 0) is 27.1 Å². The molecule has 11 heavy (non-hydrogen) atoms. The van der Waals surface area contributed by atoms with Gasteiger partial charge >= 0.3 is 0 Å². The van der Waals surface area contributed by atoms with Gasteiger partial charge < -0.3 is 4.90 Å². The highest BCUT2D eigenvalue weighted by Crippen LogP contribution is 2.12. The van der Waals surface area contributed by atoms with Crippen molar-refractivity contribution in [2.24, 2.45) is 0 Å². The van der Waals surface area contributed by atoms with E-state index >= 15 is 0 Å². The molecule has 2 atom stereocenters. The van der Waals surface area contributed by atoms with Crippen molar-refractivity contribution in [3.63, 3.8) is 0 Å². The van der Waals surface area contributed by atoms with Gasteiger partial charge in [-0.25, -0.2) is 0 Å². The minimum atomic E-state index is 0.619. The summed E-state index contributed by atoms with van der Waals surface area (Å²) in [5.74, 6) is 0. The van der Waals surface area contributed by atoms with Gasteiger partial charge in [0.15, 0.2) is 0 Å². The van der Waals surface area contributed by atoms with Crippen LogP contribution in [0.5, 0.6) is 0 Å². The highest BCUT2D eigenvalue weighted by Gasteiger charge is 2.23. The van der Waals surface area contributed by atoms with E-state index in [4.69, 9.17) is 0 Å². The van der Waals surface area contributed by atoms with Gasteiger partial charge in [-0.3, -0.25) is 4.90 Å². The first-order valence-electron chi connectivity index (χ1n) is 4.23. The summed E-state index contributed by atoms with van der Waals surface area (Å²) in [7, 11) is 2.18. The van der Waals surface area contributed by atoms with Crippen LogP contribution in [0.4, 0.5) is 0 Å². The molecule has 0 spiro atoms. The van der Waals surface area contributed by atoms with Crippen LogP contribution in [-0.2, 0) is 0 Å². The second-order valence-corrected chi connectivity index (χ2v) is 3.52. The zero-order valence-corrected chi connectivity index (χ0v) is 7.75. The Balaban J connectivity index is 2.54. The maximum absolute atomic E-state index is 3.80. The number of rotatable bonds is 1. The molecule has 0 amide bonds. The lowest BCUT2D eigenvalue weighted by Gasteiger charge is -2.41. The summed E-state index contributed by atoms with van der Waals surface area (Å²) in [4.78, 5) is 4.70. The molecule has 1 aliphatic heterocycles. The van der Waals surface area contributed by atoms with Crippen LogP contribution in [0.3, 0.4) is 0 Å². The third-order valence-electron chi connectivity index (χ3n) is 2.58. The SMILES string of the molecule is C=CN1CC(C)N(C)CC1C. The zero-order valence-electron chi connectivity index (χ0n) is 7.75. The molecule has 0 aromatic heterocycles. The standard InChI is InChI=1S/C9H18N2/c1-5-11-7-8(2)10(4)6-9(11)3/h5,8-9H,1,6-7H2,2-4H3. The maximum Gasteiger partial charge on any atom is 0.0383 e. The predicted molar refractivity (Wildman–Crippen MR) is 48.5 cm³/mol. The molecule has 2 nitrogen and oxygen atoms in total. The fourth-order valence-electron chi connectivity index (χ4n) is 1.58. The van der Waals surface area contributed by atoms with Crippen LogP contribution < -0.4 is 0 Å². The van der Waals surface area contributed by atoms with Crippen molar-refractivity contribution >= 4 is 0 Å². The van der Waals surface area contributed by atoms with E-state index in [1.165, 1.54) is 0 Å². The van der Waals surface area contributed by atoms with E-state index in [1.807, 2.05) is 6.20 Å². The minimum absolute atomic E-state index is 0.619. The molecular formula is C9H18N2. The van der Waals surface area contributed by atoms with Crippen molar-refractivity contribution in [1.29, 1.82) is 0 Å². The molecular weight excluding hydrogens is 136 g/mol. The van der Waals surface area contributed by atoms with E-state index < -0.39 is 0 Å². The van der Waals surface area contributed by atoms with Gasteiger partial charge in [0.25, 0.3) is 0 Å². The average molecular weight is 154 g/mol. The number of hydrogen-bond donors (Lipinski definition) is 0. The Labute approximate surface area is 69.5 Å². The predicted octanol–water partition coefficient (Wildman–Crippen LogP) is 1.15. The van der Waals surface area contributed by atoms with Crippen LogP contribution in [0.2, 0.25) is 0 Å². The van der Waals surface area contributed by atoms with Crippen LogP contribution in [-0.4, -0.2) is 42.0 Å². The highest BCUT2D eigenvalue weighted by molar-refractivity contribution is 4.87. The Morgan fingerprint density at radius 2 is 1.91 bits per heavy atom. The van der Waals surface area contributed by atoms with Crippen molar-refractivity contribution in [2.75, 3.05) is 20.1 Å². The average Bonchev–Trinajstić information content (AvgIpc) is 1.97. The lowest BCUT2D eigenvalue weighted by atomic mass is 10.1. The number of nitrogens with zero attached hydrogens (tertiary/aromatic N) is 2. The van der Waals surface area contributed by atoms with Gasteiger partial charge in [-0.1, -0.05) is 6.58 Å². The molecule has 0 N–H and O–H groups in total. The normalized spacial score (nSPS) is 33.9. The Bertz CT molecular complexity index is 144. The molecule has 0 aliphatic carbocycles. The van der Waals surface area contributed by atoms with Crippen molar-refractivity contribution in [3.8, 4) is 0 Å². The molecule has 64 valence electrons. The molecule has 1 rings (SSSR count). The van der Waals surface area contributed by atoms with E-state index in [1.54, 1.807) is 0 Å². The summed E-state index contributed by atoms with van der Waals surface area (Å²) in [5.41, 5.74) is 0. The largest absolute Gasteiger partial charge is 0.372 e. The first-order chi connectivity index (χ1) is 5.15. The van der Waals surface area contributed by atoms with E-state index in [-0.39, 0.29) is 0 Å². The first-order valence-corrected chi connectivity index (χ1v) is 4.23. The van der Waals surface area contributed by atoms with Crippen molar-refractivity contribution < 1.29 is 0 Å². The summed E-state index contributed by atoms with van der Waals surface area (Å²) in [5, 5.41) is 0. The molecule has 0 aromatic rings. The fourth-order valence-corrected chi connectivity index (χ4v) is 1.58. The molecule has 1 fully saturated rings. The monoisotopic (exact) mass is 154 g/mol. The van der Waals surface area contributed by atoms with E-state index in [9.17, 15) is 0 Å². The topological polar surface area (TPSA) is 6.48 Å². The summed E-state index contributed by atoms with van der Waals surface area (Å²) in [6.45, 7) is 10.6. The minimum Gasteiger partial charge on any atom is -0.372 e. The van der Waals surface area contributed by atoms with Crippen molar-refractivity contribution in [2.45, 2.75) is 25.9 Å². The van der Waals surface area contributed by atoms with E-state index in [0.717, 1.165) is 13.1 Å². The fraction of sp³-hybridized carbons (Fsp3) is 0.778. The molecule has 0 radical (unpaired) electrons. The molecule has 1 saturated heterocycles. The number of piperazine rings is 1. The van der Waals surface area contributed by atoms with Gasteiger partial charge in [0, 0.05) is 25.2 Å². The van der Waals surface area contributed by atoms with Gasteiger partial charge in [0.2, 0.25) is 0 Å². The van der Waals surface area contributed by atoms with Gasteiger partial charge in [-0.15, -0.1) is 0 Å². The molecule has 2 heteroatoms. The molecule has 1 aliphatic rings. The zero-order chi connectivity index (χ0) is 8.43. The second-order valence-electron chi connectivity index (χ2n) is 3.52. The Morgan fingerprint density at radius 3 is 2.45 bits per heavy atom. The van der Waals surface area contributed by atoms with Gasteiger partial charge in [-0.2, -0.15) is 0 Å². The molecule has 0 bridgehead atoms. The Morgan fingerprint density at radius 1 is 1.27 bits per heavy atom. The van der Waals surface area contributed by atoms with Crippen LogP contribution >= 0.6 is 0 Å². The molecule has 0 saturated carbocycles. The Kier molecular flexibility index (Phi) is 2.55. The van der Waals surface area contributed by atoms with Crippen LogP contribution in [0.15, 0.2) is 12.8 Å². The summed E-state index contributed by atoms with van der Waals surface area (Å²) >= 11 is 0. The number of hydrogen-bond acceptors (Lipinski definition) is 2. The van der Waals surface area contributed by atoms with E-state index in [0.29, 0.717) is 12.1 Å². The molecule has 1 heterocycles. The third kappa shape index (κ3) is 1.74. The van der Waals surface area contributed by atoms with E-state index in [2.05, 4.69) is 37.3 Å². The van der Waals surface area contributed by atoms with Crippen LogP contribution in [0.1, 0.15) is 13.8 Å². The number of likely N-dealkylation sites (N-methyl/N-ethyl adjacent to an activating group) is 1. The second kappa shape index (κ2) is 3.26. The maximum atomic E-state index is 3.80. The smallest absolute Gasteiger partial charge is 0.0383 e. The molecule has 2 unspecified atom stereocenters. The lowest BCUT2D eigenvalue weighted by Crippen LogP contribution is -2.52. The van der Waals surface area contributed by atoms with Gasteiger partial charge in [0.05, 0.1) is 0 Å². The Hall–Kier alpha value is -0.500. The van der Waals surface area contributed by atoms with Gasteiger partial charge in [0.1, 0.15) is 0 Å². The summed E-state index contributed by atoms with van der Waals surface area (Å²) < 4.78 is 0. The van der Waals surface area contributed by atoms with Crippen molar-refractivity contribution in [3.05, 3.63) is 12.8 Å².